The molecule has 1 aromatic rings. The van der Waals surface area contributed by atoms with E-state index in [2.05, 4.69) is 9.69 Å². The fourth-order valence-corrected chi connectivity index (χ4v) is 2.81. The first-order valence-electron chi connectivity index (χ1n) is 6.29. The molecule has 7 heteroatoms. The summed E-state index contributed by atoms with van der Waals surface area (Å²) in [6.07, 6.45) is 3.38. The van der Waals surface area contributed by atoms with Crippen LogP contribution in [0.4, 0.5) is 5.00 Å². The van der Waals surface area contributed by atoms with E-state index in [1.165, 1.54) is 11.5 Å². The van der Waals surface area contributed by atoms with Gasteiger partial charge in [0.2, 0.25) is 0 Å². The van der Waals surface area contributed by atoms with Crippen molar-refractivity contribution in [2.45, 2.75) is 25.4 Å². The van der Waals surface area contributed by atoms with Crippen molar-refractivity contribution < 1.29 is 9.47 Å². The highest BCUT2D eigenvalue weighted by Gasteiger charge is 2.15. The Morgan fingerprint density at radius 1 is 1.63 bits per heavy atom. The molecule has 0 bridgehead atoms. The maximum absolute atomic E-state index is 8.90. The Morgan fingerprint density at radius 2 is 2.53 bits per heavy atom. The van der Waals surface area contributed by atoms with Gasteiger partial charge < -0.3 is 14.8 Å². The third-order valence-corrected chi connectivity index (χ3v) is 4.02. The number of nitrogens with zero attached hydrogens (tertiary/aromatic N) is 2. The van der Waals surface area contributed by atoms with Gasteiger partial charge >= 0.3 is 0 Å². The lowest BCUT2D eigenvalue weighted by Gasteiger charge is -2.10. The number of ether oxygens (including phenoxy) is 2. The molecule has 5 nitrogen and oxygen atoms in total. The molecule has 0 saturated carbocycles. The van der Waals surface area contributed by atoms with E-state index in [0.29, 0.717) is 18.8 Å². The Balaban J connectivity index is 1.57. The van der Waals surface area contributed by atoms with Crippen molar-refractivity contribution >= 4 is 28.1 Å². The topological polar surface area (TPSA) is 67.2 Å². The number of nitrogens with one attached hydrogen (secondary N) is 1. The van der Waals surface area contributed by atoms with E-state index in [1.807, 2.05) is 6.07 Å². The number of hydrogen-bond acceptors (Lipinski definition) is 6. The van der Waals surface area contributed by atoms with Gasteiger partial charge in [0.15, 0.2) is 5.15 Å². The number of aromatic nitrogens is 1. The number of nitriles is 1. The average Bonchev–Trinajstić information content (AvgIpc) is 3.03. The minimum Gasteiger partial charge on any atom is -0.379 e. The Morgan fingerprint density at radius 3 is 3.26 bits per heavy atom. The van der Waals surface area contributed by atoms with Gasteiger partial charge in [0.05, 0.1) is 12.7 Å². The van der Waals surface area contributed by atoms with Gasteiger partial charge in [-0.3, -0.25) is 0 Å². The molecule has 0 aromatic carbocycles. The normalized spacial score (nSPS) is 18.4. The first-order valence-corrected chi connectivity index (χ1v) is 7.45. The lowest BCUT2D eigenvalue weighted by atomic mass is 10.2. The summed E-state index contributed by atoms with van der Waals surface area (Å²) >= 11 is 6.99. The minimum absolute atomic E-state index is 0.268. The quantitative estimate of drug-likeness (QED) is 0.784. The zero-order valence-corrected chi connectivity index (χ0v) is 12.1. The van der Waals surface area contributed by atoms with E-state index in [0.717, 1.165) is 37.4 Å². The standard InChI is InChI=1S/C12H16ClN3O2S/c13-11-10(7-14)12(19-16-11)15-4-2-5-17-8-9-3-1-6-18-9/h9,15H,1-6,8H2. The molecule has 1 saturated heterocycles. The second-order valence-corrected chi connectivity index (χ2v) is 5.41. The molecule has 104 valence electrons. The van der Waals surface area contributed by atoms with Crippen molar-refractivity contribution in [2.75, 3.05) is 31.7 Å². The van der Waals surface area contributed by atoms with Gasteiger partial charge in [-0.1, -0.05) is 11.6 Å². The second kappa shape index (κ2) is 7.65. The van der Waals surface area contributed by atoms with Crippen LogP contribution in [0.5, 0.6) is 0 Å². The van der Waals surface area contributed by atoms with Gasteiger partial charge in [-0.05, 0) is 30.8 Å². The van der Waals surface area contributed by atoms with Crippen LogP contribution >= 0.6 is 23.1 Å². The molecule has 0 radical (unpaired) electrons. The highest BCUT2D eigenvalue weighted by molar-refractivity contribution is 7.10. The summed E-state index contributed by atoms with van der Waals surface area (Å²) in [5.74, 6) is 0. The average molecular weight is 302 g/mol. The smallest absolute Gasteiger partial charge is 0.162 e. The van der Waals surface area contributed by atoms with Crippen LogP contribution in [-0.2, 0) is 9.47 Å². The van der Waals surface area contributed by atoms with Gasteiger partial charge in [-0.2, -0.15) is 9.64 Å². The maximum Gasteiger partial charge on any atom is 0.162 e. The van der Waals surface area contributed by atoms with Gasteiger partial charge in [0.25, 0.3) is 0 Å². The summed E-state index contributed by atoms with van der Waals surface area (Å²) < 4.78 is 14.9. The molecule has 1 unspecified atom stereocenters. The Hall–Kier alpha value is -0.870. The summed E-state index contributed by atoms with van der Waals surface area (Å²) in [6.45, 7) is 2.95. The van der Waals surface area contributed by atoms with E-state index in [9.17, 15) is 0 Å². The summed E-state index contributed by atoms with van der Waals surface area (Å²) in [4.78, 5) is 0. The predicted molar refractivity (Wildman–Crippen MR) is 74.7 cm³/mol. The van der Waals surface area contributed by atoms with Crippen molar-refractivity contribution in [1.82, 2.24) is 4.37 Å². The molecule has 2 heterocycles. The lowest BCUT2D eigenvalue weighted by Crippen LogP contribution is -2.15. The molecule has 19 heavy (non-hydrogen) atoms. The third kappa shape index (κ3) is 4.32. The van der Waals surface area contributed by atoms with Gasteiger partial charge in [-0.25, -0.2) is 0 Å². The molecular weight excluding hydrogens is 286 g/mol. The van der Waals surface area contributed by atoms with Crippen LogP contribution in [-0.4, -0.2) is 36.8 Å². The van der Waals surface area contributed by atoms with Crippen molar-refractivity contribution in [3.63, 3.8) is 0 Å². The van der Waals surface area contributed by atoms with Crippen LogP contribution in [0.15, 0.2) is 0 Å². The maximum atomic E-state index is 8.90. The minimum atomic E-state index is 0.268. The largest absolute Gasteiger partial charge is 0.379 e. The molecule has 1 fully saturated rings. The van der Waals surface area contributed by atoms with E-state index in [1.54, 1.807) is 0 Å². The Labute approximate surface area is 121 Å². The lowest BCUT2D eigenvalue weighted by molar-refractivity contribution is 0.0172. The van der Waals surface area contributed by atoms with Gasteiger partial charge in [0.1, 0.15) is 16.6 Å². The van der Waals surface area contributed by atoms with Crippen molar-refractivity contribution in [3.05, 3.63) is 10.7 Å². The van der Waals surface area contributed by atoms with Crippen LogP contribution in [0, 0.1) is 11.3 Å². The molecule has 1 aromatic heterocycles. The number of halogens is 1. The second-order valence-electron chi connectivity index (χ2n) is 4.28. The van der Waals surface area contributed by atoms with Gasteiger partial charge in [-0.15, -0.1) is 0 Å². The Kier molecular flexibility index (Phi) is 5.86. The van der Waals surface area contributed by atoms with Crippen LogP contribution in [0.1, 0.15) is 24.8 Å². The SMILES string of the molecule is N#Cc1c(Cl)nsc1NCCCOCC1CCCO1. The van der Waals surface area contributed by atoms with Crippen LogP contribution in [0.3, 0.4) is 0 Å². The fourth-order valence-electron chi connectivity index (χ4n) is 1.85. The van der Waals surface area contributed by atoms with Crippen molar-refractivity contribution in [2.24, 2.45) is 0 Å². The molecule has 1 aliphatic rings. The Bertz CT molecular complexity index is 441. The van der Waals surface area contributed by atoms with Crippen LogP contribution in [0.2, 0.25) is 5.15 Å². The van der Waals surface area contributed by atoms with Crippen LogP contribution < -0.4 is 5.32 Å². The highest BCUT2D eigenvalue weighted by atomic mass is 35.5. The summed E-state index contributed by atoms with van der Waals surface area (Å²) in [6, 6.07) is 2.04. The fraction of sp³-hybridized carbons (Fsp3) is 0.667. The zero-order chi connectivity index (χ0) is 13.5. The molecule has 1 aliphatic heterocycles. The first-order chi connectivity index (χ1) is 9.31. The van der Waals surface area contributed by atoms with Gasteiger partial charge in [0, 0.05) is 19.8 Å². The monoisotopic (exact) mass is 301 g/mol. The van der Waals surface area contributed by atoms with Crippen LogP contribution in [0.25, 0.3) is 0 Å². The third-order valence-electron chi connectivity index (χ3n) is 2.84. The number of rotatable bonds is 7. The summed E-state index contributed by atoms with van der Waals surface area (Å²) in [5.41, 5.74) is 0.423. The molecule has 0 aliphatic carbocycles. The van der Waals surface area contributed by atoms with E-state index < -0.39 is 0 Å². The molecular formula is C12H16ClN3O2S. The highest BCUT2D eigenvalue weighted by Crippen LogP contribution is 2.27. The van der Waals surface area contributed by atoms with Crippen molar-refractivity contribution in [3.8, 4) is 6.07 Å². The number of hydrogen-bond donors (Lipinski definition) is 1. The zero-order valence-electron chi connectivity index (χ0n) is 10.5. The summed E-state index contributed by atoms with van der Waals surface area (Å²) in [7, 11) is 0. The first kappa shape index (κ1) is 14.5. The molecule has 1 atom stereocenters. The van der Waals surface area contributed by atoms with E-state index in [4.69, 9.17) is 26.3 Å². The molecule has 0 amide bonds. The van der Waals surface area contributed by atoms with Crippen molar-refractivity contribution in [1.29, 1.82) is 5.26 Å². The van der Waals surface area contributed by atoms with E-state index >= 15 is 0 Å². The predicted octanol–water partition coefficient (Wildman–Crippen LogP) is 2.67. The number of anilines is 1. The molecule has 2 rings (SSSR count). The van der Waals surface area contributed by atoms with E-state index in [-0.39, 0.29) is 11.3 Å². The molecule has 1 N–H and O–H groups in total. The molecule has 0 spiro atoms. The summed E-state index contributed by atoms with van der Waals surface area (Å²) in [5, 5.41) is 13.1.